The number of thiophene rings is 1. The molecular weight excluding hydrogens is 346 g/mol. The highest BCUT2D eigenvalue weighted by Crippen LogP contribution is 2.30. The molecule has 5 heteroatoms. The van der Waals surface area contributed by atoms with Gasteiger partial charge < -0.3 is 5.32 Å². The topological polar surface area (TPSA) is 37.8 Å². The second-order valence-electron chi connectivity index (χ2n) is 5.11. The molecule has 3 aromatic heterocycles. The van der Waals surface area contributed by atoms with Crippen LogP contribution >= 0.6 is 27.3 Å². The smallest absolute Gasteiger partial charge is 0.112 e. The van der Waals surface area contributed by atoms with Crippen molar-refractivity contribution in [3.05, 3.63) is 50.4 Å². The Morgan fingerprint density at radius 1 is 1.24 bits per heavy atom. The lowest BCUT2D eigenvalue weighted by Crippen LogP contribution is -2.07. The predicted octanol–water partition coefficient (Wildman–Crippen LogP) is 5.24. The third-order valence-electron chi connectivity index (χ3n) is 3.46. The van der Waals surface area contributed by atoms with Crippen molar-refractivity contribution in [2.45, 2.75) is 26.8 Å². The van der Waals surface area contributed by atoms with E-state index in [0.29, 0.717) is 0 Å². The number of aromatic nitrogens is 2. The van der Waals surface area contributed by atoms with Crippen LogP contribution in [0.15, 0.2) is 35.1 Å². The third-order valence-corrected chi connectivity index (χ3v) is 4.88. The lowest BCUT2D eigenvalue weighted by Gasteiger charge is -2.16. The van der Waals surface area contributed by atoms with Crippen molar-refractivity contribution < 1.29 is 0 Å². The van der Waals surface area contributed by atoms with Crippen LogP contribution in [0, 0.1) is 13.8 Å². The van der Waals surface area contributed by atoms with Gasteiger partial charge >= 0.3 is 0 Å². The maximum absolute atomic E-state index is 4.49. The van der Waals surface area contributed by atoms with E-state index in [9.17, 15) is 0 Å². The van der Waals surface area contributed by atoms with Crippen LogP contribution in [0.1, 0.15) is 28.3 Å². The van der Waals surface area contributed by atoms with Gasteiger partial charge in [0.15, 0.2) is 0 Å². The average molecular weight is 362 g/mol. The lowest BCUT2D eigenvalue weighted by molar-refractivity contribution is 0.882. The molecule has 0 amide bonds. The molecule has 0 fully saturated rings. The van der Waals surface area contributed by atoms with Gasteiger partial charge in [-0.2, -0.15) is 0 Å². The van der Waals surface area contributed by atoms with Crippen molar-refractivity contribution >= 4 is 44.0 Å². The van der Waals surface area contributed by atoms with Gasteiger partial charge in [-0.1, -0.05) is 0 Å². The van der Waals surface area contributed by atoms with Gasteiger partial charge in [0.2, 0.25) is 0 Å². The van der Waals surface area contributed by atoms with Crippen LogP contribution in [-0.4, -0.2) is 9.97 Å². The number of fused-ring (bicyclic) bond motifs is 1. The first-order valence-electron chi connectivity index (χ1n) is 6.78. The molecular formula is C16H16BrN3S. The van der Waals surface area contributed by atoms with Gasteiger partial charge in [0.1, 0.15) is 5.52 Å². The number of halogens is 1. The molecule has 0 saturated heterocycles. The van der Waals surface area contributed by atoms with E-state index in [1.54, 1.807) is 6.20 Å². The first-order chi connectivity index (χ1) is 10.0. The van der Waals surface area contributed by atoms with Crippen LogP contribution in [0.5, 0.6) is 0 Å². The zero-order valence-corrected chi connectivity index (χ0v) is 14.5. The summed E-state index contributed by atoms with van der Waals surface area (Å²) in [5.74, 6) is 0. The maximum atomic E-state index is 4.49. The van der Waals surface area contributed by atoms with Crippen LogP contribution in [0.2, 0.25) is 0 Å². The summed E-state index contributed by atoms with van der Waals surface area (Å²) < 4.78 is 0.942. The van der Waals surface area contributed by atoms with Gasteiger partial charge in [0.05, 0.1) is 11.2 Å². The van der Waals surface area contributed by atoms with E-state index in [1.165, 1.54) is 15.3 Å². The zero-order valence-electron chi connectivity index (χ0n) is 12.1. The Kier molecular flexibility index (Phi) is 3.95. The molecule has 0 aliphatic rings. The summed E-state index contributed by atoms with van der Waals surface area (Å²) in [7, 11) is 0. The van der Waals surface area contributed by atoms with Gasteiger partial charge in [-0.3, -0.25) is 9.97 Å². The Labute approximate surface area is 136 Å². The Balaban J connectivity index is 1.96. The molecule has 1 atom stereocenters. The Hall–Kier alpha value is -1.46. The molecule has 3 aromatic rings. The van der Waals surface area contributed by atoms with Crippen molar-refractivity contribution in [3.8, 4) is 0 Å². The van der Waals surface area contributed by atoms with Crippen LogP contribution in [0.3, 0.4) is 0 Å². The molecule has 3 heterocycles. The summed E-state index contributed by atoms with van der Waals surface area (Å²) in [5, 5.41) is 3.56. The van der Waals surface area contributed by atoms with E-state index in [1.807, 2.05) is 29.7 Å². The number of rotatable bonds is 3. The van der Waals surface area contributed by atoms with Gasteiger partial charge in [-0.25, -0.2) is 0 Å². The van der Waals surface area contributed by atoms with Crippen molar-refractivity contribution in [2.24, 2.45) is 0 Å². The molecule has 0 saturated carbocycles. The molecule has 21 heavy (non-hydrogen) atoms. The minimum absolute atomic E-state index is 0.242. The lowest BCUT2D eigenvalue weighted by atomic mass is 10.1. The molecule has 1 unspecified atom stereocenters. The second kappa shape index (κ2) is 5.73. The summed E-state index contributed by atoms with van der Waals surface area (Å²) >= 11 is 5.27. The van der Waals surface area contributed by atoms with E-state index in [4.69, 9.17) is 0 Å². The number of hydrogen-bond donors (Lipinski definition) is 1. The average Bonchev–Trinajstić information content (AvgIpc) is 2.77. The Bertz CT molecular complexity index is 797. The molecule has 0 spiro atoms. The molecule has 0 radical (unpaired) electrons. The van der Waals surface area contributed by atoms with Crippen LogP contribution in [-0.2, 0) is 0 Å². The van der Waals surface area contributed by atoms with Crippen molar-refractivity contribution in [1.82, 2.24) is 9.97 Å². The maximum Gasteiger partial charge on any atom is 0.112 e. The molecule has 3 rings (SSSR count). The number of nitrogens with zero attached hydrogens (tertiary/aromatic N) is 2. The molecule has 0 aliphatic carbocycles. The zero-order chi connectivity index (χ0) is 15.0. The fourth-order valence-corrected chi connectivity index (χ4v) is 3.86. The highest BCUT2D eigenvalue weighted by Gasteiger charge is 2.13. The van der Waals surface area contributed by atoms with E-state index >= 15 is 0 Å². The fraction of sp³-hybridized carbons (Fsp3) is 0.250. The summed E-state index contributed by atoms with van der Waals surface area (Å²) in [6.07, 6.45) is 3.62. The van der Waals surface area contributed by atoms with Gasteiger partial charge in [0, 0.05) is 32.7 Å². The Morgan fingerprint density at radius 2 is 2.05 bits per heavy atom. The number of hydrogen-bond acceptors (Lipinski definition) is 4. The number of anilines is 1. The molecule has 108 valence electrons. The largest absolute Gasteiger partial charge is 0.377 e. The Morgan fingerprint density at radius 3 is 2.76 bits per heavy atom. The normalized spacial score (nSPS) is 12.6. The van der Waals surface area contributed by atoms with Crippen LogP contribution in [0.4, 0.5) is 5.69 Å². The SMILES string of the molecule is Cc1cc(C(C)Nc2ccnc3cc(Br)cnc23)c(C)s1. The highest BCUT2D eigenvalue weighted by atomic mass is 79.9. The number of aryl methyl sites for hydroxylation is 2. The summed E-state index contributed by atoms with van der Waals surface area (Å²) in [6.45, 7) is 6.50. The van der Waals surface area contributed by atoms with Crippen LogP contribution in [0.25, 0.3) is 11.0 Å². The monoisotopic (exact) mass is 361 g/mol. The summed E-state index contributed by atoms with van der Waals surface area (Å²) in [6, 6.07) is 6.46. The van der Waals surface area contributed by atoms with Crippen molar-refractivity contribution in [3.63, 3.8) is 0 Å². The summed E-state index contributed by atoms with van der Waals surface area (Å²) in [4.78, 5) is 11.6. The highest BCUT2D eigenvalue weighted by molar-refractivity contribution is 9.10. The number of pyridine rings is 2. The second-order valence-corrected chi connectivity index (χ2v) is 7.49. The molecule has 0 aromatic carbocycles. The van der Waals surface area contributed by atoms with Crippen LogP contribution < -0.4 is 5.32 Å². The molecule has 0 bridgehead atoms. The van der Waals surface area contributed by atoms with Gasteiger partial charge in [-0.05, 0) is 60.5 Å². The van der Waals surface area contributed by atoms with E-state index < -0.39 is 0 Å². The van der Waals surface area contributed by atoms with Crippen molar-refractivity contribution in [2.75, 3.05) is 5.32 Å². The van der Waals surface area contributed by atoms with E-state index in [0.717, 1.165) is 21.2 Å². The van der Waals surface area contributed by atoms with E-state index in [2.05, 4.69) is 58.1 Å². The first kappa shape index (κ1) is 14.5. The summed E-state index contributed by atoms with van der Waals surface area (Å²) in [5.41, 5.74) is 4.15. The molecule has 3 nitrogen and oxygen atoms in total. The van der Waals surface area contributed by atoms with Gasteiger partial charge in [0.25, 0.3) is 0 Å². The fourth-order valence-electron chi connectivity index (χ4n) is 2.51. The van der Waals surface area contributed by atoms with Gasteiger partial charge in [-0.15, -0.1) is 11.3 Å². The molecule has 1 N–H and O–H groups in total. The number of nitrogens with one attached hydrogen (secondary N) is 1. The standard InChI is InChI=1S/C16H16BrN3S/c1-9-6-13(11(3)21-9)10(2)20-14-4-5-18-15-7-12(17)8-19-16(14)15/h4-8,10H,1-3H3,(H,18,20). The quantitative estimate of drug-likeness (QED) is 0.692. The molecule has 0 aliphatic heterocycles. The predicted molar refractivity (Wildman–Crippen MR) is 93.1 cm³/mol. The first-order valence-corrected chi connectivity index (χ1v) is 8.39. The minimum Gasteiger partial charge on any atom is -0.377 e. The third kappa shape index (κ3) is 2.94. The van der Waals surface area contributed by atoms with Crippen molar-refractivity contribution in [1.29, 1.82) is 0 Å². The van der Waals surface area contributed by atoms with E-state index in [-0.39, 0.29) is 6.04 Å². The minimum atomic E-state index is 0.242.